The van der Waals surface area contributed by atoms with E-state index in [9.17, 15) is 4.79 Å². The lowest BCUT2D eigenvalue weighted by Gasteiger charge is -2.18. The van der Waals surface area contributed by atoms with Crippen LogP contribution in [0.3, 0.4) is 0 Å². The van der Waals surface area contributed by atoms with Crippen molar-refractivity contribution in [2.45, 2.75) is 6.92 Å². The fourth-order valence-corrected chi connectivity index (χ4v) is 1.96. The highest BCUT2D eigenvalue weighted by molar-refractivity contribution is 6.06. The molecule has 0 radical (unpaired) electrons. The molecule has 0 saturated carbocycles. The number of benzene rings is 1. The number of pyridine rings is 1. The SMILES string of the molecule is CCNc1cc(C(=O)N(C)c2ccc(OC)cc2)ccn1. The molecule has 0 bridgehead atoms. The second-order valence-electron chi connectivity index (χ2n) is 4.52. The lowest BCUT2D eigenvalue weighted by molar-refractivity contribution is 0.0993. The maximum Gasteiger partial charge on any atom is 0.258 e. The van der Waals surface area contributed by atoms with E-state index in [1.807, 2.05) is 31.2 Å². The standard InChI is InChI=1S/C16H19N3O2/c1-4-17-15-11-12(9-10-18-15)16(20)19(2)13-5-7-14(21-3)8-6-13/h5-11H,4H2,1-3H3,(H,17,18). The summed E-state index contributed by atoms with van der Waals surface area (Å²) in [7, 11) is 3.36. The second kappa shape index (κ2) is 6.74. The molecule has 0 aliphatic rings. The Hall–Kier alpha value is -2.56. The van der Waals surface area contributed by atoms with E-state index in [-0.39, 0.29) is 5.91 Å². The molecule has 110 valence electrons. The number of carbonyl (C=O) groups excluding carboxylic acids is 1. The largest absolute Gasteiger partial charge is 0.497 e. The number of carbonyl (C=O) groups is 1. The number of ether oxygens (including phenoxy) is 1. The Kier molecular flexibility index (Phi) is 4.77. The molecule has 2 aromatic rings. The molecule has 1 heterocycles. The van der Waals surface area contributed by atoms with Gasteiger partial charge in [0.1, 0.15) is 11.6 Å². The highest BCUT2D eigenvalue weighted by Gasteiger charge is 2.14. The number of rotatable bonds is 5. The summed E-state index contributed by atoms with van der Waals surface area (Å²) in [6.07, 6.45) is 1.63. The van der Waals surface area contributed by atoms with Crippen LogP contribution in [0.4, 0.5) is 11.5 Å². The molecule has 5 heteroatoms. The van der Waals surface area contributed by atoms with Crippen molar-refractivity contribution in [2.75, 3.05) is 30.9 Å². The van der Waals surface area contributed by atoms with Gasteiger partial charge >= 0.3 is 0 Å². The van der Waals surface area contributed by atoms with Gasteiger partial charge in [-0.1, -0.05) is 0 Å². The van der Waals surface area contributed by atoms with Crippen LogP contribution in [0.2, 0.25) is 0 Å². The van der Waals surface area contributed by atoms with Crippen LogP contribution in [-0.4, -0.2) is 31.6 Å². The molecular weight excluding hydrogens is 266 g/mol. The number of nitrogens with one attached hydrogen (secondary N) is 1. The molecule has 1 aromatic heterocycles. The van der Waals surface area contributed by atoms with Crippen LogP contribution in [0.1, 0.15) is 17.3 Å². The van der Waals surface area contributed by atoms with E-state index in [0.29, 0.717) is 11.4 Å². The fraction of sp³-hybridized carbons (Fsp3) is 0.250. The highest BCUT2D eigenvalue weighted by Crippen LogP contribution is 2.20. The van der Waals surface area contributed by atoms with Crippen LogP contribution in [-0.2, 0) is 0 Å². The predicted octanol–water partition coefficient (Wildman–Crippen LogP) is 2.80. The van der Waals surface area contributed by atoms with Gasteiger partial charge in [-0.15, -0.1) is 0 Å². The van der Waals surface area contributed by atoms with Crippen LogP contribution in [0, 0.1) is 0 Å². The van der Waals surface area contributed by atoms with Crippen molar-refractivity contribution in [3.05, 3.63) is 48.2 Å². The summed E-state index contributed by atoms with van der Waals surface area (Å²) < 4.78 is 5.12. The molecular formula is C16H19N3O2. The fourth-order valence-electron chi connectivity index (χ4n) is 1.96. The third kappa shape index (κ3) is 3.51. The van der Waals surface area contributed by atoms with Crippen molar-refractivity contribution in [3.63, 3.8) is 0 Å². The molecule has 5 nitrogen and oxygen atoms in total. The van der Waals surface area contributed by atoms with Crippen LogP contribution in [0.5, 0.6) is 5.75 Å². The zero-order valence-corrected chi connectivity index (χ0v) is 12.5. The van der Waals surface area contributed by atoms with E-state index < -0.39 is 0 Å². The zero-order chi connectivity index (χ0) is 15.2. The average molecular weight is 285 g/mol. The third-order valence-electron chi connectivity index (χ3n) is 3.13. The number of aromatic nitrogens is 1. The van der Waals surface area contributed by atoms with Gasteiger partial charge in [0.25, 0.3) is 5.91 Å². The summed E-state index contributed by atoms with van der Waals surface area (Å²) in [5, 5.41) is 3.10. The lowest BCUT2D eigenvalue weighted by Crippen LogP contribution is -2.26. The first-order valence-electron chi connectivity index (χ1n) is 6.77. The van der Waals surface area contributed by atoms with Crippen molar-refractivity contribution >= 4 is 17.4 Å². The summed E-state index contributed by atoms with van der Waals surface area (Å²) in [6.45, 7) is 2.75. The number of methoxy groups -OCH3 is 1. The van der Waals surface area contributed by atoms with Crippen LogP contribution < -0.4 is 15.0 Å². The molecule has 0 aliphatic carbocycles. The van der Waals surface area contributed by atoms with Gasteiger partial charge in [0.2, 0.25) is 0 Å². The molecule has 0 saturated heterocycles. The Bertz CT molecular complexity index is 611. The monoisotopic (exact) mass is 285 g/mol. The van der Waals surface area contributed by atoms with Crippen molar-refractivity contribution in [1.29, 1.82) is 0 Å². The molecule has 0 fully saturated rings. The number of amides is 1. The summed E-state index contributed by atoms with van der Waals surface area (Å²) >= 11 is 0. The minimum absolute atomic E-state index is 0.0817. The Morgan fingerprint density at radius 2 is 2.00 bits per heavy atom. The molecule has 0 unspecified atom stereocenters. The van der Waals surface area contributed by atoms with E-state index >= 15 is 0 Å². The quantitative estimate of drug-likeness (QED) is 0.917. The van der Waals surface area contributed by atoms with Crippen LogP contribution >= 0.6 is 0 Å². The molecule has 1 N–H and O–H groups in total. The zero-order valence-electron chi connectivity index (χ0n) is 12.5. The van der Waals surface area contributed by atoms with Crippen molar-refractivity contribution in [3.8, 4) is 5.75 Å². The number of nitrogens with zero attached hydrogens (tertiary/aromatic N) is 2. The Labute approximate surface area is 124 Å². The van der Waals surface area contributed by atoms with E-state index in [4.69, 9.17) is 4.74 Å². The van der Waals surface area contributed by atoms with Gasteiger partial charge in [-0.05, 0) is 43.3 Å². The van der Waals surface area contributed by atoms with Crippen molar-refractivity contribution < 1.29 is 9.53 Å². The summed E-state index contributed by atoms with van der Waals surface area (Å²) in [4.78, 5) is 18.3. The topological polar surface area (TPSA) is 54.5 Å². The molecule has 1 aromatic carbocycles. The molecule has 21 heavy (non-hydrogen) atoms. The summed E-state index contributed by atoms with van der Waals surface area (Å²) in [5.41, 5.74) is 1.40. The minimum atomic E-state index is -0.0817. The number of hydrogen-bond acceptors (Lipinski definition) is 4. The first-order chi connectivity index (χ1) is 10.2. The Balaban J connectivity index is 2.19. The van der Waals surface area contributed by atoms with Crippen molar-refractivity contribution in [1.82, 2.24) is 4.98 Å². The smallest absolute Gasteiger partial charge is 0.258 e. The molecule has 1 amide bonds. The third-order valence-corrected chi connectivity index (χ3v) is 3.13. The van der Waals surface area contributed by atoms with Crippen molar-refractivity contribution in [2.24, 2.45) is 0 Å². The van der Waals surface area contributed by atoms with Gasteiger partial charge in [0.15, 0.2) is 0 Å². The first-order valence-corrected chi connectivity index (χ1v) is 6.77. The van der Waals surface area contributed by atoms with Gasteiger partial charge in [0, 0.05) is 31.0 Å². The lowest BCUT2D eigenvalue weighted by atomic mass is 10.2. The highest BCUT2D eigenvalue weighted by atomic mass is 16.5. The van der Waals surface area contributed by atoms with E-state index in [2.05, 4.69) is 10.3 Å². The molecule has 0 spiro atoms. The van der Waals surface area contributed by atoms with E-state index in [0.717, 1.165) is 18.0 Å². The van der Waals surface area contributed by atoms with E-state index in [1.165, 1.54) is 0 Å². The normalized spacial score (nSPS) is 10.0. The molecule has 0 atom stereocenters. The van der Waals surface area contributed by atoms with Gasteiger partial charge in [-0.3, -0.25) is 4.79 Å². The summed E-state index contributed by atoms with van der Waals surface area (Å²) in [6, 6.07) is 10.8. The predicted molar refractivity (Wildman–Crippen MR) is 84.1 cm³/mol. The van der Waals surface area contributed by atoms with Gasteiger partial charge < -0.3 is 15.0 Å². The van der Waals surface area contributed by atoms with Crippen LogP contribution in [0.15, 0.2) is 42.6 Å². The van der Waals surface area contributed by atoms with E-state index in [1.54, 1.807) is 37.4 Å². The molecule has 2 rings (SSSR count). The maximum atomic E-state index is 12.5. The van der Waals surface area contributed by atoms with Gasteiger partial charge in [-0.2, -0.15) is 0 Å². The first kappa shape index (κ1) is 14.8. The van der Waals surface area contributed by atoms with Gasteiger partial charge in [0.05, 0.1) is 7.11 Å². The maximum absolute atomic E-state index is 12.5. The average Bonchev–Trinajstić information content (AvgIpc) is 2.54. The van der Waals surface area contributed by atoms with Crippen LogP contribution in [0.25, 0.3) is 0 Å². The molecule has 0 aliphatic heterocycles. The number of hydrogen-bond donors (Lipinski definition) is 1. The Morgan fingerprint density at radius 3 is 2.62 bits per heavy atom. The van der Waals surface area contributed by atoms with Gasteiger partial charge in [-0.25, -0.2) is 4.98 Å². The number of anilines is 2. The summed E-state index contributed by atoms with van der Waals surface area (Å²) in [5.74, 6) is 1.38. The minimum Gasteiger partial charge on any atom is -0.497 e. The Morgan fingerprint density at radius 1 is 1.29 bits per heavy atom. The second-order valence-corrected chi connectivity index (χ2v) is 4.52.